The van der Waals surface area contributed by atoms with E-state index in [-0.39, 0.29) is 11.9 Å². The Bertz CT molecular complexity index is 861. The average Bonchev–Trinajstić information content (AvgIpc) is 2.84. The number of amides is 3. The Morgan fingerprint density at radius 1 is 1.03 bits per heavy atom. The van der Waals surface area contributed by atoms with Crippen LogP contribution in [-0.2, 0) is 4.74 Å². The van der Waals surface area contributed by atoms with Crippen LogP contribution in [0.5, 0.6) is 5.75 Å². The van der Waals surface area contributed by atoms with Gasteiger partial charge in [-0.05, 0) is 55.2 Å². The minimum absolute atomic E-state index is 0.0247. The van der Waals surface area contributed by atoms with E-state index in [9.17, 15) is 9.59 Å². The third kappa shape index (κ3) is 5.73. The van der Waals surface area contributed by atoms with Gasteiger partial charge in [-0.15, -0.1) is 0 Å². The highest BCUT2D eigenvalue weighted by Crippen LogP contribution is 2.19. The summed E-state index contributed by atoms with van der Waals surface area (Å²) in [5.74, 6) is 1.28. The highest BCUT2D eigenvalue weighted by atomic mass is 16.5. The molecule has 1 N–H and O–H groups in total. The Balaban J connectivity index is 1.24. The largest absolute Gasteiger partial charge is 0.493 e. The number of hydrogen-bond donors (Lipinski definition) is 1. The van der Waals surface area contributed by atoms with E-state index in [1.807, 2.05) is 24.3 Å². The molecule has 4 rings (SSSR count). The molecule has 1 aromatic heterocycles. The third-order valence-corrected chi connectivity index (χ3v) is 5.69. The van der Waals surface area contributed by atoms with E-state index in [2.05, 4.69) is 10.3 Å². The van der Waals surface area contributed by atoms with Crippen LogP contribution < -0.4 is 10.1 Å². The van der Waals surface area contributed by atoms with E-state index in [1.165, 1.54) is 0 Å². The van der Waals surface area contributed by atoms with Crippen LogP contribution in [0.2, 0.25) is 0 Å². The first kappa shape index (κ1) is 21.1. The number of urea groups is 1. The molecule has 2 aromatic rings. The van der Waals surface area contributed by atoms with Crippen LogP contribution >= 0.6 is 0 Å². The van der Waals surface area contributed by atoms with Crippen molar-refractivity contribution in [2.75, 3.05) is 51.3 Å². The Morgan fingerprint density at radius 3 is 2.42 bits per heavy atom. The van der Waals surface area contributed by atoms with Crippen molar-refractivity contribution < 1.29 is 19.1 Å². The number of nitrogens with one attached hydrogen (secondary N) is 1. The number of carbonyl (C=O) groups is 2. The quantitative estimate of drug-likeness (QED) is 0.798. The van der Waals surface area contributed by atoms with Gasteiger partial charge >= 0.3 is 6.03 Å². The molecule has 8 nitrogen and oxygen atoms in total. The van der Waals surface area contributed by atoms with Gasteiger partial charge in [0, 0.05) is 51.2 Å². The van der Waals surface area contributed by atoms with Crippen molar-refractivity contribution in [3.8, 4) is 5.75 Å². The molecular formula is C23H28N4O4. The fraction of sp³-hybridized carbons (Fsp3) is 0.435. The molecule has 0 bridgehead atoms. The fourth-order valence-corrected chi connectivity index (χ4v) is 3.76. The number of anilines is 1. The molecule has 0 saturated carbocycles. The topological polar surface area (TPSA) is 84.0 Å². The van der Waals surface area contributed by atoms with Gasteiger partial charge in [0.25, 0.3) is 5.91 Å². The molecule has 3 heterocycles. The summed E-state index contributed by atoms with van der Waals surface area (Å²) in [6.07, 6.45) is 5.32. The van der Waals surface area contributed by atoms with Crippen LogP contribution in [0.25, 0.3) is 0 Å². The van der Waals surface area contributed by atoms with Crippen molar-refractivity contribution in [1.29, 1.82) is 0 Å². The summed E-state index contributed by atoms with van der Waals surface area (Å²) < 4.78 is 11.3. The summed E-state index contributed by atoms with van der Waals surface area (Å²) in [5, 5.41) is 2.83. The number of carbonyl (C=O) groups excluding carboxylic acids is 2. The van der Waals surface area contributed by atoms with Gasteiger partial charge in [-0.2, -0.15) is 0 Å². The van der Waals surface area contributed by atoms with Crippen LogP contribution in [0.15, 0.2) is 48.8 Å². The van der Waals surface area contributed by atoms with E-state index >= 15 is 0 Å². The van der Waals surface area contributed by atoms with Gasteiger partial charge in [-0.1, -0.05) is 0 Å². The van der Waals surface area contributed by atoms with Crippen LogP contribution in [0, 0.1) is 5.92 Å². The van der Waals surface area contributed by atoms with Crippen molar-refractivity contribution in [3.05, 3.63) is 54.4 Å². The number of hydrogen-bond acceptors (Lipinski definition) is 5. The Hall–Kier alpha value is -3.13. The molecule has 0 aliphatic carbocycles. The number of rotatable bonds is 5. The third-order valence-electron chi connectivity index (χ3n) is 5.69. The Labute approximate surface area is 182 Å². The van der Waals surface area contributed by atoms with Crippen molar-refractivity contribution in [2.24, 2.45) is 5.92 Å². The molecule has 2 aliphatic rings. The lowest BCUT2D eigenvalue weighted by molar-refractivity contribution is 0.0497. The lowest BCUT2D eigenvalue weighted by Crippen LogP contribution is -2.51. The summed E-state index contributed by atoms with van der Waals surface area (Å²) in [6, 6.07) is 10.7. The van der Waals surface area contributed by atoms with Crippen molar-refractivity contribution >= 4 is 17.6 Å². The van der Waals surface area contributed by atoms with Gasteiger partial charge in [-0.3, -0.25) is 9.78 Å². The molecule has 1 aromatic carbocycles. The molecule has 0 radical (unpaired) electrons. The number of benzene rings is 1. The maximum atomic E-state index is 12.8. The number of pyridine rings is 1. The number of piperazine rings is 1. The van der Waals surface area contributed by atoms with Crippen molar-refractivity contribution in [3.63, 3.8) is 0 Å². The Morgan fingerprint density at radius 2 is 1.74 bits per heavy atom. The summed E-state index contributed by atoms with van der Waals surface area (Å²) in [5.41, 5.74) is 1.29. The molecule has 2 fully saturated rings. The van der Waals surface area contributed by atoms with Crippen LogP contribution in [0.1, 0.15) is 23.2 Å². The van der Waals surface area contributed by atoms with E-state index in [4.69, 9.17) is 9.47 Å². The van der Waals surface area contributed by atoms with Crippen LogP contribution in [0.4, 0.5) is 10.5 Å². The lowest BCUT2D eigenvalue weighted by atomic mass is 10.0. The van der Waals surface area contributed by atoms with Gasteiger partial charge in [-0.25, -0.2) is 4.79 Å². The molecular weight excluding hydrogens is 396 g/mol. The zero-order valence-electron chi connectivity index (χ0n) is 17.5. The molecule has 3 amide bonds. The Kier molecular flexibility index (Phi) is 6.99. The maximum absolute atomic E-state index is 12.8. The zero-order valence-corrected chi connectivity index (χ0v) is 17.5. The van der Waals surface area contributed by atoms with Gasteiger partial charge in [0.1, 0.15) is 5.75 Å². The normalized spacial score (nSPS) is 17.3. The lowest BCUT2D eigenvalue weighted by Gasteiger charge is -2.34. The number of nitrogens with zero attached hydrogens (tertiary/aromatic N) is 3. The molecule has 0 atom stereocenters. The molecule has 0 spiro atoms. The molecule has 0 unspecified atom stereocenters. The second-order valence-electron chi connectivity index (χ2n) is 7.84. The van der Waals surface area contributed by atoms with E-state index in [1.54, 1.807) is 34.3 Å². The van der Waals surface area contributed by atoms with Gasteiger partial charge in [0.05, 0.1) is 18.5 Å². The standard InChI is InChI=1S/C23H28N4O4/c28-22(19-3-5-21(6-4-19)31-17-18-7-14-30-15-8-18)26-10-12-27(13-11-26)23(29)25-20-2-1-9-24-16-20/h1-6,9,16,18H,7-8,10-15,17H2,(H,25,29). The summed E-state index contributed by atoms with van der Waals surface area (Å²) in [4.78, 5) is 32.7. The first-order chi connectivity index (χ1) is 15.2. The molecule has 2 aliphatic heterocycles. The van der Waals surface area contributed by atoms with E-state index < -0.39 is 0 Å². The minimum atomic E-state index is -0.175. The van der Waals surface area contributed by atoms with Gasteiger partial charge < -0.3 is 24.6 Å². The van der Waals surface area contributed by atoms with Gasteiger partial charge in [0.2, 0.25) is 0 Å². The SMILES string of the molecule is O=C(Nc1cccnc1)N1CCN(C(=O)c2ccc(OCC3CCOCC3)cc2)CC1. The predicted octanol–water partition coefficient (Wildman–Crippen LogP) is 2.88. The second kappa shape index (κ2) is 10.3. The number of aromatic nitrogens is 1. The molecule has 164 valence electrons. The van der Waals surface area contributed by atoms with Crippen molar-refractivity contribution in [2.45, 2.75) is 12.8 Å². The summed E-state index contributed by atoms with van der Waals surface area (Å²) >= 11 is 0. The minimum Gasteiger partial charge on any atom is -0.493 e. The smallest absolute Gasteiger partial charge is 0.322 e. The van der Waals surface area contributed by atoms with E-state index in [0.717, 1.165) is 31.8 Å². The second-order valence-corrected chi connectivity index (χ2v) is 7.84. The molecule has 2 saturated heterocycles. The highest BCUT2D eigenvalue weighted by molar-refractivity contribution is 5.94. The highest BCUT2D eigenvalue weighted by Gasteiger charge is 2.25. The molecule has 31 heavy (non-hydrogen) atoms. The van der Waals surface area contributed by atoms with E-state index in [0.29, 0.717) is 50.0 Å². The fourth-order valence-electron chi connectivity index (χ4n) is 3.76. The maximum Gasteiger partial charge on any atom is 0.322 e. The summed E-state index contributed by atoms with van der Waals surface area (Å²) in [6.45, 7) is 4.27. The van der Waals surface area contributed by atoms with Crippen molar-refractivity contribution in [1.82, 2.24) is 14.8 Å². The summed E-state index contributed by atoms with van der Waals surface area (Å²) in [7, 11) is 0. The number of ether oxygens (including phenoxy) is 2. The molecule has 8 heteroatoms. The van der Waals surface area contributed by atoms with Crippen LogP contribution in [-0.4, -0.2) is 72.7 Å². The first-order valence-corrected chi connectivity index (χ1v) is 10.7. The predicted molar refractivity (Wildman–Crippen MR) is 116 cm³/mol. The average molecular weight is 425 g/mol. The first-order valence-electron chi connectivity index (χ1n) is 10.7. The van der Waals surface area contributed by atoms with Gasteiger partial charge in [0.15, 0.2) is 0 Å². The monoisotopic (exact) mass is 424 g/mol. The van der Waals surface area contributed by atoms with Crippen LogP contribution in [0.3, 0.4) is 0 Å². The zero-order chi connectivity index (χ0) is 21.5.